The van der Waals surface area contributed by atoms with Crippen molar-refractivity contribution < 1.29 is 19.1 Å². The van der Waals surface area contributed by atoms with Crippen molar-refractivity contribution in [2.45, 2.75) is 46.4 Å². The predicted molar refractivity (Wildman–Crippen MR) is 109 cm³/mol. The van der Waals surface area contributed by atoms with E-state index in [9.17, 15) is 14.4 Å². The first-order chi connectivity index (χ1) is 13.6. The summed E-state index contributed by atoms with van der Waals surface area (Å²) >= 11 is 12.5. The van der Waals surface area contributed by atoms with Gasteiger partial charge in [0.1, 0.15) is 10.7 Å². The Hall–Kier alpha value is -2.58. The number of ether oxygens (including phenoxy) is 1. The third-order valence-electron chi connectivity index (χ3n) is 3.86. The largest absolute Gasteiger partial charge is 0.449 e. The number of imide groups is 1. The summed E-state index contributed by atoms with van der Waals surface area (Å²) in [5.41, 5.74) is 1.17. The number of halogens is 2. The lowest BCUT2D eigenvalue weighted by Gasteiger charge is -2.14. The standard InChI is InChI=1S/C19H22Cl2N4O4/c1-10(2)22-19(28)23-17(26)12(4)29-18(27)15-11(3)24-25(16(15)21)9-13-7-5-6-8-14(13)20/h5-8,10,12H,9H2,1-4H3,(H2,22,23,26,28). The van der Waals surface area contributed by atoms with E-state index in [1.165, 1.54) is 11.6 Å². The van der Waals surface area contributed by atoms with Gasteiger partial charge in [0.15, 0.2) is 6.10 Å². The molecule has 2 aromatic rings. The third-order valence-corrected chi connectivity index (χ3v) is 4.61. The van der Waals surface area contributed by atoms with Crippen molar-refractivity contribution in [1.82, 2.24) is 20.4 Å². The smallest absolute Gasteiger partial charge is 0.343 e. The number of aromatic nitrogens is 2. The van der Waals surface area contributed by atoms with Crippen LogP contribution in [0.1, 0.15) is 42.4 Å². The maximum atomic E-state index is 12.5. The molecule has 0 saturated heterocycles. The van der Waals surface area contributed by atoms with Gasteiger partial charge in [-0.1, -0.05) is 41.4 Å². The van der Waals surface area contributed by atoms with Crippen molar-refractivity contribution >= 4 is 41.1 Å². The van der Waals surface area contributed by atoms with E-state index in [1.54, 1.807) is 32.9 Å². The predicted octanol–water partition coefficient (Wildman–Crippen LogP) is 3.33. The molecule has 29 heavy (non-hydrogen) atoms. The second-order valence-electron chi connectivity index (χ2n) is 6.67. The zero-order chi connectivity index (χ0) is 21.7. The molecule has 1 unspecified atom stereocenters. The molecule has 10 heteroatoms. The molecule has 8 nitrogen and oxygen atoms in total. The van der Waals surface area contributed by atoms with Crippen molar-refractivity contribution in [2.24, 2.45) is 0 Å². The second-order valence-corrected chi connectivity index (χ2v) is 7.43. The van der Waals surface area contributed by atoms with Gasteiger partial charge in [0.05, 0.1) is 12.2 Å². The number of hydrogen-bond donors (Lipinski definition) is 2. The van der Waals surface area contributed by atoms with Gasteiger partial charge >= 0.3 is 12.0 Å². The van der Waals surface area contributed by atoms with Crippen LogP contribution in [0, 0.1) is 6.92 Å². The van der Waals surface area contributed by atoms with Gasteiger partial charge in [0, 0.05) is 11.1 Å². The summed E-state index contributed by atoms with van der Waals surface area (Å²) in [5, 5.41) is 9.49. The molecule has 3 amide bonds. The number of nitrogens with one attached hydrogen (secondary N) is 2. The number of hydrogen-bond acceptors (Lipinski definition) is 5. The number of amides is 3. The Morgan fingerprint density at radius 2 is 1.83 bits per heavy atom. The van der Waals surface area contributed by atoms with E-state index in [0.29, 0.717) is 10.7 Å². The van der Waals surface area contributed by atoms with E-state index in [-0.39, 0.29) is 23.3 Å². The Balaban J connectivity index is 2.09. The van der Waals surface area contributed by atoms with Crippen molar-refractivity contribution in [3.63, 3.8) is 0 Å². The number of benzene rings is 1. The zero-order valence-electron chi connectivity index (χ0n) is 16.5. The van der Waals surface area contributed by atoms with Crippen LogP contribution >= 0.6 is 23.2 Å². The monoisotopic (exact) mass is 440 g/mol. The molecule has 0 bridgehead atoms. The van der Waals surface area contributed by atoms with Gasteiger partial charge in [-0.05, 0) is 39.3 Å². The molecule has 2 rings (SSSR count). The van der Waals surface area contributed by atoms with Gasteiger partial charge in [-0.25, -0.2) is 14.3 Å². The van der Waals surface area contributed by atoms with Gasteiger partial charge in [-0.15, -0.1) is 0 Å². The van der Waals surface area contributed by atoms with Crippen molar-refractivity contribution in [3.8, 4) is 0 Å². The molecule has 0 saturated carbocycles. The minimum Gasteiger partial charge on any atom is -0.449 e. The lowest BCUT2D eigenvalue weighted by Crippen LogP contribution is -2.46. The molecule has 1 heterocycles. The number of urea groups is 1. The van der Waals surface area contributed by atoms with Crippen LogP contribution in [0.15, 0.2) is 24.3 Å². The number of rotatable bonds is 6. The maximum absolute atomic E-state index is 12.5. The van der Waals surface area contributed by atoms with Crippen LogP contribution in [0.25, 0.3) is 0 Å². The highest BCUT2D eigenvalue weighted by molar-refractivity contribution is 6.33. The van der Waals surface area contributed by atoms with E-state index in [4.69, 9.17) is 27.9 Å². The summed E-state index contributed by atoms with van der Waals surface area (Å²) in [6.45, 7) is 6.72. The fourth-order valence-corrected chi connectivity index (χ4v) is 2.97. The summed E-state index contributed by atoms with van der Waals surface area (Å²) in [4.78, 5) is 36.2. The molecular formula is C19H22Cl2N4O4. The van der Waals surface area contributed by atoms with Gasteiger partial charge in [-0.2, -0.15) is 5.10 Å². The van der Waals surface area contributed by atoms with Crippen LogP contribution in [-0.2, 0) is 16.1 Å². The van der Waals surface area contributed by atoms with E-state index in [2.05, 4.69) is 15.7 Å². The molecular weight excluding hydrogens is 419 g/mol. The minimum absolute atomic E-state index is 0.0463. The van der Waals surface area contributed by atoms with Gasteiger partial charge in [0.2, 0.25) is 0 Å². The number of aryl methyl sites for hydroxylation is 1. The number of esters is 1. The SMILES string of the molecule is Cc1nn(Cc2ccccc2Cl)c(Cl)c1C(=O)OC(C)C(=O)NC(=O)NC(C)C. The fourth-order valence-electron chi connectivity index (χ4n) is 2.46. The zero-order valence-corrected chi connectivity index (χ0v) is 18.0. The maximum Gasteiger partial charge on any atom is 0.343 e. The molecule has 0 aliphatic rings. The van der Waals surface area contributed by atoms with E-state index < -0.39 is 24.0 Å². The van der Waals surface area contributed by atoms with Crippen molar-refractivity contribution in [3.05, 3.63) is 51.3 Å². The molecule has 156 valence electrons. The van der Waals surface area contributed by atoms with Crippen LogP contribution < -0.4 is 10.6 Å². The van der Waals surface area contributed by atoms with Crippen molar-refractivity contribution in [1.29, 1.82) is 0 Å². The molecule has 0 fully saturated rings. The van der Waals surface area contributed by atoms with E-state index in [0.717, 1.165) is 5.56 Å². The highest BCUT2D eigenvalue weighted by Crippen LogP contribution is 2.24. The molecule has 0 aliphatic carbocycles. The number of carbonyl (C=O) groups excluding carboxylic acids is 3. The van der Waals surface area contributed by atoms with Gasteiger partial charge in [-0.3, -0.25) is 10.1 Å². The number of carbonyl (C=O) groups is 3. The lowest BCUT2D eigenvalue weighted by atomic mass is 10.2. The third kappa shape index (κ3) is 5.95. The Kier molecular flexibility index (Phi) is 7.64. The fraction of sp³-hybridized carbons (Fsp3) is 0.368. The van der Waals surface area contributed by atoms with Crippen molar-refractivity contribution in [2.75, 3.05) is 0 Å². The van der Waals surface area contributed by atoms with Gasteiger partial charge < -0.3 is 10.1 Å². The first-order valence-corrected chi connectivity index (χ1v) is 9.64. The van der Waals surface area contributed by atoms with Crippen LogP contribution in [0.2, 0.25) is 10.2 Å². The van der Waals surface area contributed by atoms with Crippen LogP contribution in [0.4, 0.5) is 4.79 Å². The highest BCUT2D eigenvalue weighted by Gasteiger charge is 2.26. The topological polar surface area (TPSA) is 102 Å². The van der Waals surface area contributed by atoms with Crippen LogP contribution in [0.5, 0.6) is 0 Å². The van der Waals surface area contributed by atoms with E-state index >= 15 is 0 Å². The minimum atomic E-state index is -1.21. The summed E-state index contributed by atoms with van der Waals surface area (Å²) < 4.78 is 6.58. The summed E-state index contributed by atoms with van der Waals surface area (Å²) in [7, 11) is 0. The summed E-state index contributed by atoms with van der Waals surface area (Å²) in [5.74, 6) is -1.57. The molecule has 0 spiro atoms. The molecule has 2 N–H and O–H groups in total. The Labute approximate surface area is 178 Å². The Morgan fingerprint density at radius 1 is 1.17 bits per heavy atom. The van der Waals surface area contributed by atoms with Crippen LogP contribution in [-0.4, -0.2) is 39.8 Å². The summed E-state index contributed by atoms with van der Waals surface area (Å²) in [6.07, 6.45) is -1.21. The molecule has 1 aromatic carbocycles. The summed E-state index contributed by atoms with van der Waals surface area (Å²) in [6, 6.07) is 6.38. The first kappa shape index (κ1) is 22.7. The molecule has 0 aliphatic heterocycles. The Morgan fingerprint density at radius 3 is 2.45 bits per heavy atom. The number of nitrogens with zero attached hydrogens (tertiary/aromatic N) is 2. The molecule has 1 atom stereocenters. The van der Waals surface area contributed by atoms with Crippen LogP contribution in [0.3, 0.4) is 0 Å². The van der Waals surface area contributed by atoms with Gasteiger partial charge in [0.25, 0.3) is 5.91 Å². The normalized spacial score (nSPS) is 11.8. The Bertz CT molecular complexity index is 927. The second kappa shape index (κ2) is 9.76. The molecule has 0 radical (unpaired) electrons. The first-order valence-electron chi connectivity index (χ1n) is 8.88. The molecule has 1 aromatic heterocycles. The highest BCUT2D eigenvalue weighted by atomic mass is 35.5. The lowest BCUT2D eigenvalue weighted by molar-refractivity contribution is -0.127. The van der Waals surface area contributed by atoms with E-state index in [1.807, 2.05) is 12.1 Å². The quantitative estimate of drug-likeness (QED) is 0.670. The average molecular weight is 441 g/mol. The average Bonchev–Trinajstić information content (AvgIpc) is 2.89.